The molecule has 190 valence electrons. The first-order chi connectivity index (χ1) is 17.7. The van der Waals surface area contributed by atoms with Gasteiger partial charge in [-0.25, -0.2) is 9.48 Å². The lowest BCUT2D eigenvalue weighted by Gasteiger charge is -2.26. The molecule has 4 rings (SSSR count). The summed E-state index contributed by atoms with van der Waals surface area (Å²) in [6.07, 6.45) is 0. The molecule has 0 unspecified atom stereocenters. The standard InChI is InChI=1S/C29H30ClN5O2/c1-19(2)34(29(37)31-24-15-10-14-23(30)17-24)18-26(36)32-28-27(22-12-6-5-7-13-22)21(4)33-35(28)25-16-9-8-11-20(25)3/h5-17,19H,18H2,1-4H3,(H,31,37)(H,32,36). The van der Waals surface area contributed by atoms with Gasteiger partial charge in [0.15, 0.2) is 0 Å². The number of carbonyl (C=O) groups is 2. The molecule has 0 aliphatic carbocycles. The number of urea groups is 1. The Morgan fingerprint density at radius 1 is 0.946 bits per heavy atom. The number of amides is 3. The smallest absolute Gasteiger partial charge is 0.313 e. The average molecular weight is 516 g/mol. The van der Waals surface area contributed by atoms with Gasteiger partial charge in [-0.15, -0.1) is 0 Å². The fourth-order valence-electron chi connectivity index (χ4n) is 4.15. The van der Waals surface area contributed by atoms with E-state index in [4.69, 9.17) is 16.7 Å². The van der Waals surface area contributed by atoms with E-state index in [-0.39, 0.29) is 24.5 Å². The third-order valence-electron chi connectivity index (χ3n) is 6.00. The zero-order valence-corrected chi connectivity index (χ0v) is 22.1. The minimum Gasteiger partial charge on any atom is -0.313 e. The molecule has 0 spiro atoms. The summed E-state index contributed by atoms with van der Waals surface area (Å²) in [6.45, 7) is 7.51. The van der Waals surface area contributed by atoms with Crippen LogP contribution in [0.4, 0.5) is 16.3 Å². The summed E-state index contributed by atoms with van der Waals surface area (Å²) < 4.78 is 1.76. The quantitative estimate of drug-likeness (QED) is 0.288. The van der Waals surface area contributed by atoms with Gasteiger partial charge in [0.05, 0.1) is 11.4 Å². The van der Waals surface area contributed by atoms with Gasteiger partial charge in [0.25, 0.3) is 0 Å². The Balaban J connectivity index is 1.65. The van der Waals surface area contributed by atoms with E-state index in [0.29, 0.717) is 16.5 Å². The van der Waals surface area contributed by atoms with Crippen LogP contribution < -0.4 is 10.6 Å². The lowest BCUT2D eigenvalue weighted by Crippen LogP contribution is -2.44. The summed E-state index contributed by atoms with van der Waals surface area (Å²) in [5, 5.41) is 11.2. The Labute approximate surface area is 222 Å². The SMILES string of the molecule is Cc1ccccc1-n1nc(C)c(-c2ccccc2)c1NC(=O)CN(C(=O)Nc1cccc(Cl)c1)C(C)C. The molecule has 7 nitrogen and oxygen atoms in total. The number of benzene rings is 3. The highest BCUT2D eigenvalue weighted by atomic mass is 35.5. The minimum atomic E-state index is -0.390. The van der Waals surface area contributed by atoms with Crippen molar-refractivity contribution in [2.24, 2.45) is 0 Å². The summed E-state index contributed by atoms with van der Waals surface area (Å²) in [6, 6.07) is 24.0. The lowest BCUT2D eigenvalue weighted by molar-refractivity contribution is -0.117. The van der Waals surface area contributed by atoms with Crippen molar-refractivity contribution in [2.45, 2.75) is 33.7 Å². The molecule has 0 saturated heterocycles. The predicted octanol–water partition coefficient (Wildman–Crippen LogP) is 6.69. The Morgan fingerprint density at radius 2 is 1.65 bits per heavy atom. The molecular formula is C29H30ClN5O2. The molecule has 0 bridgehead atoms. The molecule has 0 aliphatic heterocycles. The number of nitrogens with zero attached hydrogens (tertiary/aromatic N) is 3. The largest absolute Gasteiger partial charge is 0.322 e. The van der Waals surface area contributed by atoms with Crippen molar-refractivity contribution in [3.8, 4) is 16.8 Å². The molecule has 1 aromatic heterocycles. The topological polar surface area (TPSA) is 79.3 Å². The van der Waals surface area contributed by atoms with Crippen molar-refractivity contribution < 1.29 is 9.59 Å². The second-order valence-electron chi connectivity index (χ2n) is 9.08. The van der Waals surface area contributed by atoms with Crippen molar-refractivity contribution in [2.75, 3.05) is 17.2 Å². The van der Waals surface area contributed by atoms with Crippen molar-refractivity contribution >= 4 is 35.0 Å². The van der Waals surface area contributed by atoms with Crippen LogP contribution >= 0.6 is 11.6 Å². The second-order valence-corrected chi connectivity index (χ2v) is 9.52. The van der Waals surface area contributed by atoms with Crippen molar-refractivity contribution in [1.82, 2.24) is 14.7 Å². The highest BCUT2D eigenvalue weighted by Gasteiger charge is 2.24. The number of hydrogen-bond donors (Lipinski definition) is 2. The number of nitrogens with one attached hydrogen (secondary N) is 2. The third kappa shape index (κ3) is 6.01. The van der Waals surface area contributed by atoms with Crippen LogP contribution in [0.5, 0.6) is 0 Å². The Bertz CT molecular complexity index is 1420. The van der Waals surface area contributed by atoms with Gasteiger partial charge in [0.1, 0.15) is 12.4 Å². The summed E-state index contributed by atoms with van der Waals surface area (Å²) in [5.74, 6) is 0.226. The average Bonchev–Trinajstić information content (AvgIpc) is 3.18. The molecule has 0 saturated carbocycles. The van der Waals surface area contributed by atoms with E-state index in [1.54, 1.807) is 28.9 Å². The van der Waals surface area contributed by atoms with E-state index in [2.05, 4.69) is 10.6 Å². The molecule has 4 aromatic rings. The van der Waals surface area contributed by atoms with Crippen molar-refractivity contribution in [1.29, 1.82) is 0 Å². The molecular weight excluding hydrogens is 486 g/mol. The van der Waals surface area contributed by atoms with Gasteiger partial charge in [0, 0.05) is 22.3 Å². The van der Waals surface area contributed by atoms with E-state index >= 15 is 0 Å². The number of halogens is 1. The molecule has 8 heteroatoms. The molecule has 1 heterocycles. The van der Waals surface area contributed by atoms with Gasteiger partial charge >= 0.3 is 6.03 Å². The number of hydrogen-bond acceptors (Lipinski definition) is 3. The maximum atomic E-state index is 13.4. The van der Waals surface area contributed by atoms with Crippen molar-refractivity contribution in [3.63, 3.8) is 0 Å². The number of aryl methyl sites for hydroxylation is 2. The number of rotatable bonds is 7. The van der Waals surface area contributed by atoms with Crippen LogP contribution in [-0.2, 0) is 4.79 Å². The van der Waals surface area contributed by atoms with Gasteiger partial charge in [-0.2, -0.15) is 5.10 Å². The molecule has 3 amide bonds. The minimum absolute atomic E-state index is 0.143. The molecule has 0 radical (unpaired) electrons. The highest BCUT2D eigenvalue weighted by molar-refractivity contribution is 6.30. The first kappa shape index (κ1) is 26.0. The van der Waals surface area contributed by atoms with E-state index in [0.717, 1.165) is 28.1 Å². The lowest BCUT2D eigenvalue weighted by atomic mass is 10.1. The number of para-hydroxylation sites is 1. The summed E-state index contributed by atoms with van der Waals surface area (Å²) in [7, 11) is 0. The summed E-state index contributed by atoms with van der Waals surface area (Å²) in [4.78, 5) is 27.9. The molecule has 0 atom stereocenters. The Kier molecular flexibility index (Phi) is 7.94. The fourth-order valence-corrected chi connectivity index (χ4v) is 4.34. The van der Waals surface area contributed by atoms with E-state index in [1.165, 1.54) is 4.90 Å². The van der Waals surface area contributed by atoms with Crippen LogP contribution in [0, 0.1) is 13.8 Å². The van der Waals surface area contributed by atoms with Crippen LogP contribution in [0.15, 0.2) is 78.9 Å². The van der Waals surface area contributed by atoms with Crippen molar-refractivity contribution in [3.05, 3.63) is 95.1 Å². The molecule has 0 aliphatic rings. The van der Waals surface area contributed by atoms with Crippen LogP contribution in [0.2, 0.25) is 5.02 Å². The monoisotopic (exact) mass is 515 g/mol. The van der Waals surface area contributed by atoms with E-state index < -0.39 is 0 Å². The predicted molar refractivity (Wildman–Crippen MR) is 149 cm³/mol. The van der Waals surface area contributed by atoms with Gasteiger partial charge in [-0.1, -0.05) is 66.2 Å². The molecule has 37 heavy (non-hydrogen) atoms. The third-order valence-corrected chi connectivity index (χ3v) is 6.23. The van der Waals surface area contributed by atoms with Crippen LogP contribution in [-0.4, -0.2) is 39.2 Å². The summed E-state index contributed by atoms with van der Waals surface area (Å²) >= 11 is 6.05. The number of anilines is 2. The zero-order chi connectivity index (χ0) is 26.5. The Hall–Kier alpha value is -4.10. The van der Waals surface area contributed by atoms with E-state index in [1.807, 2.05) is 82.3 Å². The molecule has 0 fully saturated rings. The number of aromatic nitrogens is 2. The first-order valence-electron chi connectivity index (χ1n) is 12.1. The molecule has 2 N–H and O–H groups in total. The maximum absolute atomic E-state index is 13.4. The van der Waals surface area contributed by atoms with E-state index in [9.17, 15) is 9.59 Å². The summed E-state index contributed by atoms with van der Waals surface area (Å²) in [5.41, 5.74) is 4.99. The van der Waals surface area contributed by atoms with Crippen LogP contribution in [0.25, 0.3) is 16.8 Å². The fraction of sp³-hybridized carbons (Fsp3) is 0.207. The number of carbonyl (C=O) groups excluding carboxylic acids is 2. The first-order valence-corrected chi connectivity index (χ1v) is 12.5. The van der Waals surface area contributed by atoms with Crippen LogP contribution in [0.3, 0.4) is 0 Å². The van der Waals surface area contributed by atoms with Gasteiger partial charge in [-0.05, 0) is 63.1 Å². The zero-order valence-electron chi connectivity index (χ0n) is 21.3. The molecule has 3 aromatic carbocycles. The van der Waals surface area contributed by atoms with Crippen LogP contribution in [0.1, 0.15) is 25.1 Å². The maximum Gasteiger partial charge on any atom is 0.322 e. The Morgan fingerprint density at radius 3 is 2.32 bits per heavy atom. The normalized spacial score (nSPS) is 10.9. The van der Waals surface area contributed by atoms with Gasteiger partial charge < -0.3 is 15.5 Å². The van der Waals surface area contributed by atoms with Gasteiger partial charge in [-0.3, -0.25) is 4.79 Å². The second kappa shape index (κ2) is 11.3. The van der Waals surface area contributed by atoms with Gasteiger partial charge in [0.2, 0.25) is 5.91 Å². The highest BCUT2D eigenvalue weighted by Crippen LogP contribution is 2.34.